The molecular formula is C15H20N2OS. The Morgan fingerprint density at radius 1 is 1.37 bits per heavy atom. The van der Waals surface area contributed by atoms with Gasteiger partial charge >= 0.3 is 0 Å². The van der Waals surface area contributed by atoms with Crippen LogP contribution in [0.2, 0.25) is 0 Å². The molecule has 5 atom stereocenters. The van der Waals surface area contributed by atoms with Crippen molar-refractivity contribution in [1.29, 1.82) is 0 Å². The molecule has 1 amide bonds. The zero-order valence-electron chi connectivity index (χ0n) is 11.2. The molecule has 3 fully saturated rings. The van der Waals surface area contributed by atoms with Gasteiger partial charge in [-0.1, -0.05) is 12.5 Å². The fraction of sp³-hybridized carbons (Fsp3) is 0.667. The lowest BCUT2D eigenvalue weighted by molar-refractivity contribution is -0.133. The lowest BCUT2D eigenvalue weighted by Crippen LogP contribution is -2.42. The maximum absolute atomic E-state index is 12.5. The van der Waals surface area contributed by atoms with Crippen molar-refractivity contribution >= 4 is 17.2 Å². The lowest BCUT2D eigenvalue weighted by Gasteiger charge is -2.35. The average molecular weight is 276 g/mol. The number of carbonyl (C=O) groups excluding carboxylic acids is 1. The number of rotatable bonds is 2. The van der Waals surface area contributed by atoms with Gasteiger partial charge in [0, 0.05) is 10.9 Å². The number of nitrogens with zero attached hydrogens (tertiary/aromatic N) is 1. The molecule has 0 aromatic carbocycles. The van der Waals surface area contributed by atoms with Gasteiger partial charge in [0.25, 0.3) is 0 Å². The van der Waals surface area contributed by atoms with Crippen molar-refractivity contribution in [3.05, 3.63) is 22.4 Å². The number of thiophene rings is 1. The monoisotopic (exact) mass is 276 g/mol. The van der Waals surface area contributed by atoms with Gasteiger partial charge in [-0.25, -0.2) is 0 Å². The van der Waals surface area contributed by atoms with E-state index in [1.54, 1.807) is 11.3 Å². The van der Waals surface area contributed by atoms with Gasteiger partial charge < -0.3 is 4.90 Å². The van der Waals surface area contributed by atoms with Crippen molar-refractivity contribution in [2.24, 2.45) is 11.8 Å². The Kier molecular flexibility index (Phi) is 2.71. The Morgan fingerprint density at radius 3 is 2.89 bits per heavy atom. The third-order valence-corrected chi connectivity index (χ3v) is 6.11. The number of hydrogen-bond acceptors (Lipinski definition) is 3. The molecule has 0 radical (unpaired) electrons. The van der Waals surface area contributed by atoms with E-state index in [0.29, 0.717) is 11.9 Å². The molecule has 2 saturated carbocycles. The molecule has 1 aromatic rings. The summed E-state index contributed by atoms with van der Waals surface area (Å²) in [5.74, 6) is 1.93. The molecule has 0 spiro atoms. The standard InChI is InChI=1S/C15H20N2OS/c1-9-15(18)17(12-8-10-4-5-11(12)7-10)14(16-9)13-3-2-6-19-13/h2-3,6,9-12,14,16H,4-5,7-8H2,1H3. The van der Waals surface area contributed by atoms with Crippen molar-refractivity contribution in [2.45, 2.75) is 50.9 Å². The van der Waals surface area contributed by atoms with Crippen LogP contribution in [0.25, 0.3) is 0 Å². The quantitative estimate of drug-likeness (QED) is 0.901. The Labute approximate surface area is 118 Å². The van der Waals surface area contributed by atoms with Gasteiger partial charge in [0.1, 0.15) is 6.17 Å². The van der Waals surface area contributed by atoms with E-state index in [4.69, 9.17) is 0 Å². The van der Waals surface area contributed by atoms with Crippen molar-refractivity contribution in [1.82, 2.24) is 10.2 Å². The smallest absolute Gasteiger partial charge is 0.241 e. The first-order valence-corrected chi connectivity index (χ1v) is 8.23. The lowest BCUT2D eigenvalue weighted by atomic mass is 9.93. The molecule has 19 heavy (non-hydrogen) atoms. The van der Waals surface area contributed by atoms with E-state index < -0.39 is 0 Å². The Hall–Kier alpha value is -0.870. The van der Waals surface area contributed by atoms with Crippen LogP contribution in [0.1, 0.15) is 43.6 Å². The SMILES string of the molecule is CC1NC(c2cccs2)N(C2CC3CCC2C3)C1=O. The minimum absolute atomic E-state index is 0.0359. The maximum Gasteiger partial charge on any atom is 0.241 e. The van der Waals surface area contributed by atoms with Crippen LogP contribution in [-0.4, -0.2) is 22.9 Å². The number of carbonyl (C=O) groups is 1. The minimum Gasteiger partial charge on any atom is -0.317 e. The number of fused-ring (bicyclic) bond motifs is 2. The summed E-state index contributed by atoms with van der Waals surface area (Å²) in [6.07, 6.45) is 5.40. The summed E-state index contributed by atoms with van der Waals surface area (Å²) in [7, 11) is 0. The summed E-state index contributed by atoms with van der Waals surface area (Å²) in [5, 5.41) is 5.58. The van der Waals surface area contributed by atoms with Gasteiger partial charge in [-0.2, -0.15) is 0 Å². The average Bonchev–Trinajstić information content (AvgIpc) is 3.14. The highest BCUT2D eigenvalue weighted by Crippen LogP contribution is 2.49. The summed E-state index contributed by atoms with van der Waals surface area (Å²) in [4.78, 5) is 16.0. The zero-order valence-corrected chi connectivity index (χ0v) is 12.0. The molecular weight excluding hydrogens is 256 g/mol. The van der Waals surface area contributed by atoms with Crippen LogP contribution in [-0.2, 0) is 4.79 Å². The van der Waals surface area contributed by atoms with Gasteiger partial charge in [-0.3, -0.25) is 10.1 Å². The number of nitrogens with one attached hydrogen (secondary N) is 1. The first kappa shape index (κ1) is 11.9. The Morgan fingerprint density at radius 2 is 2.26 bits per heavy atom. The van der Waals surface area contributed by atoms with Crippen LogP contribution in [0.15, 0.2) is 17.5 Å². The fourth-order valence-corrected chi connectivity index (χ4v) is 5.09. The molecule has 1 aromatic heterocycles. The summed E-state index contributed by atoms with van der Waals surface area (Å²) >= 11 is 1.75. The van der Waals surface area contributed by atoms with E-state index in [1.807, 2.05) is 6.92 Å². The first-order chi connectivity index (χ1) is 9.24. The molecule has 3 nitrogen and oxygen atoms in total. The molecule has 2 bridgehead atoms. The van der Waals surface area contributed by atoms with Crippen LogP contribution in [0.3, 0.4) is 0 Å². The van der Waals surface area contributed by atoms with Crippen molar-refractivity contribution in [3.8, 4) is 0 Å². The Bertz CT molecular complexity index is 486. The first-order valence-electron chi connectivity index (χ1n) is 7.35. The minimum atomic E-state index is -0.0359. The zero-order chi connectivity index (χ0) is 13.0. The van der Waals surface area contributed by atoms with Crippen molar-refractivity contribution in [2.75, 3.05) is 0 Å². The van der Waals surface area contributed by atoms with E-state index in [0.717, 1.165) is 11.8 Å². The van der Waals surface area contributed by atoms with Crippen LogP contribution in [0.4, 0.5) is 0 Å². The molecule has 3 aliphatic rings. The molecule has 1 saturated heterocycles. The molecule has 102 valence electrons. The molecule has 2 aliphatic carbocycles. The maximum atomic E-state index is 12.5. The molecule has 4 heteroatoms. The van der Waals surface area contributed by atoms with Gasteiger partial charge in [-0.15, -0.1) is 11.3 Å². The van der Waals surface area contributed by atoms with Gasteiger partial charge in [0.05, 0.1) is 6.04 Å². The number of amides is 1. The third-order valence-electron chi connectivity index (χ3n) is 5.18. The highest BCUT2D eigenvalue weighted by molar-refractivity contribution is 7.10. The normalized spacial score (nSPS) is 41.4. The second-order valence-corrected chi connectivity index (χ2v) is 7.27. The third kappa shape index (κ3) is 1.77. The van der Waals surface area contributed by atoms with Gasteiger partial charge in [-0.05, 0) is 49.5 Å². The van der Waals surface area contributed by atoms with E-state index >= 15 is 0 Å². The molecule has 5 unspecified atom stereocenters. The number of hydrogen-bond donors (Lipinski definition) is 1. The Balaban J connectivity index is 1.65. The summed E-state index contributed by atoms with van der Waals surface area (Å²) in [6, 6.07) is 4.67. The highest BCUT2D eigenvalue weighted by atomic mass is 32.1. The van der Waals surface area contributed by atoms with Crippen LogP contribution >= 0.6 is 11.3 Å². The second-order valence-electron chi connectivity index (χ2n) is 6.29. The predicted molar refractivity (Wildman–Crippen MR) is 75.7 cm³/mol. The molecule has 4 rings (SSSR count). The van der Waals surface area contributed by atoms with Crippen LogP contribution in [0, 0.1) is 11.8 Å². The highest BCUT2D eigenvalue weighted by Gasteiger charge is 2.49. The van der Waals surface area contributed by atoms with E-state index in [9.17, 15) is 4.79 Å². The van der Waals surface area contributed by atoms with Crippen LogP contribution < -0.4 is 5.32 Å². The largest absolute Gasteiger partial charge is 0.317 e. The van der Waals surface area contributed by atoms with Crippen LogP contribution in [0.5, 0.6) is 0 Å². The van der Waals surface area contributed by atoms with E-state index in [-0.39, 0.29) is 12.2 Å². The fourth-order valence-electron chi connectivity index (χ4n) is 4.31. The molecule has 2 heterocycles. The van der Waals surface area contributed by atoms with E-state index in [2.05, 4.69) is 27.7 Å². The topological polar surface area (TPSA) is 32.3 Å². The van der Waals surface area contributed by atoms with Crippen molar-refractivity contribution < 1.29 is 4.79 Å². The summed E-state index contributed by atoms with van der Waals surface area (Å²) < 4.78 is 0. The summed E-state index contributed by atoms with van der Waals surface area (Å²) in [6.45, 7) is 2.00. The van der Waals surface area contributed by atoms with E-state index in [1.165, 1.54) is 30.6 Å². The predicted octanol–water partition coefficient (Wildman–Crippen LogP) is 2.76. The van der Waals surface area contributed by atoms with Gasteiger partial charge in [0.2, 0.25) is 5.91 Å². The molecule has 1 aliphatic heterocycles. The summed E-state index contributed by atoms with van der Waals surface area (Å²) in [5.41, 5.74) is 0. The van der Waals surface area contributed by atoms with Gasteiger partial charge in [0.15, 0.2) is 0 Å². The second kappa shape index (κ2) is 4.32. The molecule has 1 N–H and O–H groups in total. The van der Waals surface area contributed by atoms with Crippen molar-refractivity contribution in [3.63, 3.8) is 0 Å².